The molecule has 2 N–H and O–H groups in total. The average molecular weight is 372 g/mol. The molecule has 0 aromatic heterocycles. The van der Waals surface area contributed by atoms with Crippen molar-refractivity contribution in [3.63, 3.8) is 0 Å². The predicted molar refractivity (Wildman–Crippen MR) is 92.3 cm³/mol. The SMILES string of the molecule is COC(=O)c1ccc(Cc2ccc(C(=O)OC)c(C(=O)O)c2)cc1C(=O)O. The van der Waals surface area contributed by atoms with Crippen molar-refractivity contribution in [1.29, 1.82) is 0 Å². The number of carbonyl (C=O) groups excluding carboxylic acids is 2. The molecule has 0 atom stereocenters. The zero-order chi connectivity index (χ0) is 20.1. The van der Waals surface area contributed by atoms with Gasteiger partial charge in [0.1, 0.15) is 0 Å². The predicted octanol–water partition coefficient (Wildman–Crippen LogP) is 2.25. The van der Waals surface area contributed by atoms with Crippen molar-refractivity contribution in [3.05, 3.63) is 69.8 Å². The van der Waals surface area contributed by atoms with Crippen molar-refractivity contribution in [2.75, 3.05) is 14.2 Å². The minimum Gasteiger partial charge on any atom is -0.478 e. The summed E-state index contributed by atoms with van der Waals surface area (Å²) in [5.74, 6) is -4.11. The molecule has 0 saturated carbocycles. The van der Waals surface area contributed by atoms with Crippen LogP contribution < -0.4 is 0 Å². The number of aromatic carboxylic acids is 2. The highest BCUT2D eigenvalue weighted by Crippen LogP contribution is 2.19. The van der Waals surface area contributed by atoms with E-state index in [4.69, 9.17) is 0 Å². The Balaban J connectivity index is 2.42. The highest BCUT2D eigenvalue weighted by atomic mass is 16.5. The van der Waals surface area contributed by atoms with Crippen LogP contribution in [0.1, 0.15) is 52.6 Å². The van der Waals surface area contributed by atoms with Gasteiger partial charge in [-0.1, -0.05) is 12.1 Å². The van der Waals surface area contributed by atoms with Crippen LogP contribution in [0.4, 0.5) is 0 Å². The summed E-state index contributed by atoms with van der Waals surface area (Å²) in [4.78, 5) is 46.1. The molecule has 27 heavy (non-hydrogen) atoms. The van der Waals surface area contributed by atoms with E-state index in [1.807, 2.05) is 0 Å². The lowest BCUT2D eigenvalue weighted by Gasteiger charge is -2.10. The van der Waals surface area contributed by atoms with E-state index in [-0.39, 0.29) is 28.7 Å². The summed E-state index contributed by atoms with van der Waals surface area (Å²) in [5.41, 5.74) is 0.486. The van der Waals surface area contributed by atoms with Crippen LogP contribution in [0.3, 0.4) is 0 Å². The number of carboxylic acid groups (broad SMARTS) is 2. The number of hydrogen-bond acceptors (Lipinski definition) is 6. The van der Waals surface area contributed by atoms with Gasteiger partial charge >= 0.3 is 23.9 Å². The van der Waals surface area contributed by atoms with E-state index in [2.05, 4.69) is 9.47 Å². The summed E-state index contributed by atoms with van der Waals surface area (Å²) in [6.07, 6.45) is 0.198. The molecule has 2 aromatic carbocycles. The second-order valence-electron chi connectivity index (χ2n) is 5.53. The first-order chi connectivity index (χ1) is 12.8. The summed E-state index contributed by atoms with van der Waals surface area (Å²) in [6, 6.07) is 8.42. The first-order valence-electron chi connectivity index (χ1n) is 7.67. The Hall–Kier alpha value is -3.68. The van der Waals surface area contributed by atoms with Gasteiger partial charge in [-0.05, 0) is 41.8 Å². The molecule has 0 aliphatic carbocycles. The van der Waals surface area contributed by atoms with E-state index in [0.29, 0.717) is 11.1 Å². The summed E-state index contributed by atoms with van der Waals surface area (Å²) < 4.78 is 9.12. The minimum absolute atomic E-state index is 0.0824. The van der Waals surface area contributed by atoms with E-state index >= 15 is 0 Å². The molecule has 8 heteroatoms. The number of benzene rings is 2. The molecule has 0 heterocycles. The zero-order valence-electron chi connectivity index (χ0n) is 14.5. The number of carboxylic acids is 2. The molecule has 140 valence electrons. The fourth-order valence-corrected chi connectivity index (χ4v) is 2.57. The lowest BCUT2D eigenvalue weighted by molar-refractivity contribution is 0.0580. The highest BCUT2D eigenvalue weighted by Gasteiger charge is 2.20. The summed E-state index contributed by atoms with van der Waals surface area (Å²) >= 11 is 0. The van der Waals surface area contributed by atoms with Crippen LogP contribution in [0.5, 0.6) is 0 Å². The van der Waals surface area contributed by atoms with Gasteiger partial charge in [0.25, 0.3) is 0 Å². The van der Waals surface area contributed by atoms with E-state index in [1.165, 1.54) is 24.3 Å². The largest absolute Gasteiger partial charge is 0.478 e. The van der Waals surface area contributed by atoms with Crippen molar-refractivity contribution >= 4 is 23.9 Å². The number of methoxy groups -OCH3 is 2. The normalized spacial score (nSPS) is 10.1. The van der Waals surface area contributed by atoms with Crippen LogP contribution in [0.25, 0.3) is 0 Å². The van der Waals surface area contributed by atoms with Crippen LogP contribution in [0.2, 0.25) is 0 Å². The molecule has 2 rings (SSSR count). The van der Waals surface area contributed by atoms with Gasteiger partial charge in [0, 0.05) is 0 Å². The van der Waals surface area contributed by atoms with Gasteiger partial charge in [-0.2, -0.15) is 0 Å². The van der Waals surface area contributed by atoms with Gasteiger partial charge in [0.05, 0.1) is 36.5 Å². The number of esters is 2. The number of hydrogen-bond donors (Lipinski definition) is 2. The topological polar surface area (TPSA) is 127 Å². The van der Waals surface area contributed by atoms with Crippen molar-refractivity contribution in [1.82, 2.24) is 0 Å². The molecule has 0 aliphatic rings. The molecule has 0 fully saturated rings. The van der Waals surface area contributed by atoms with Gasteiger partial charge in [-0.3, -0.25) is 0 Å². The second kappa shape index (κ2) is 8.13. The Kier molecular flexibility index (Phi) is 5.92. The maximum Gasteiger partial charge on any atom is 0.338 e. The van der Waals surface area contributed by atoms with Crippen LogP contribution in [-0.2, 0) is 15.9 Å². The number of rotatable bonds is 6. The van der Waals surface area contributed by atoms with Gasteiger partial charge in [0.15, 0.2) is 0 Å². The highest BCUT2D eigenvalue weighted by molar-refractivity contribution is 6.03. The Bertz CT molecular complexity index is 854. The van der Waals surface area contributed by atoms with Gasteiger partial charge in [-0.15, -0.1) is 0 Å². The quantitative estimate of drug-likeness (QED) is 0.739. The Morgan fingerprint density at radius 1 is 0.704 bits per heavy atom. The number of ether oxygens (including phenoxy) is 2. The Morgan fingerprint density at radius 2 is 1.07 bits per heavy atom. The van der Waals surface area contributed by atoms with Crippen molar-refractivity contribution in [3.8, 4) is 0 Å². The minimum atomic E-state index is -1.29. The molecule has 0 saturated heterocycles. The van der Waals surface area contributed by atoms with E-state index in [9.17, 15) is 29.4 Å². The molecule has 0 aliphatic heterocycles. The lowest BCUT2D eigenvalue weighted by Crippen LogP contribution is -2.12. The third kappa shape index (κ3) is 4.30. The second-order valence-corrected chi connectivity index (χ2v) is 5.53. The fraction of sp³-hybridized carbons (Fsp3) is 0.158. The van der Waals surface area contributed by atoms with E-state index in [1.54, 1.807) is 12.1 Å². The zero-order valence-corrected chi connectivity index (χ0v) is 14.5. The van der Waals surface area contributed by atoms with Crippen molar-refractivity contribution in [2.24, 2.45) is 0 Å². The van der Waals surface area contributed by atoms with Crippen LogP contribution in [0, 0.1) is 0 Å². The van der Waals surface area contributed by atoms with Crippen molar-refractivity contribution < 1.29 is 38.9 Å². The fourth-order valence-electron chi connectivity index (χ4n) is 2.57. The third-order valence-electron chi connectivity index (χ3n) is 3.85. The smallest absolute Gasteiger partial charge is 0.338 e. The van der Waals surface area contributed by atoms with E-state index < -0.39 is 23.9 Å². The van der Waals surface area contributed by atoms with Crippen LogP contribution in [-0.4, -0.2) is 48.3 Å². The third-order valence-corrected chi connectivity index (χ3v) is 3.85. The molecule has 0 spiro atoms. The molecule has 8 nitrogen and oxygen atoms in total. The summed E-state index contributed by atoms with van der Waals surface area (Å²) in [5, 5.41) is 18.6. The van der Waals surface area contributed by atoms with Crippen LogP contribution in [0.15, 0.2) is 36.4 Å². The monoisotopic (exact) mass is 372 g/mol. The first kappa shape index (κ1) is 19.6. The molecule has 0 unspecified atom stereocenters. The van der Waals surface area contributed by atoms with Crippen LogP contribution >= 0.6 is 0 Å². The van der Waals surface area contributed by atoms with Gasteiger partial charge in [0.2, 0.25) is 0 Å². The average Bonchev–Trinajstić information content (AvgIpc) is 2.66. The number of carbonyl (C=O) groups is 4. The first-order valence-corrected chi connectivity index (χ1v) is 7.67. The molecule has 2 aromatic rings. The maximum absolute atomic E-state index is 11.7. The standard InChI is InChI=1S/C19H16O8/c1-26-18(24)12-5-3-10(8-14(12)16(20)21)7-11-4-6-13(19(25)27-2)15(9-11)17(22)23/h3-6,8-9H,7H2,1-2H3,(H,20,21)(H,22,23). The van der Waals surface area contributed by atoms with E-state index in [0.717, 1.165) is 14.2 Å². The summed E-state index contributed by atoms with van der Waals surface area (Å²) in [7, 11) is 2.30. The molecular formula is C19H16O8. The molecule has 0 amide bonds. The van der Waals surface area contributed by atoms with Gasteiger partial charge < -0.3 is 19.7 Å². The molecule has 0 bridgehead atoms. The molecular weight excluding hydrogens is 356 g/mol. The van der Waals surface area contributed by atoms with Gasteiger partial charge in [-0.25, -0.2) is 19.2 Å². The summed E-state index contributed by atoms with van der Waals surface area (Å²) in [6.45, 7) is 0. The Morgan fingerprint density at radius 3 is 1.37 bits per heavy atom. The molecule has 0 radical (unpaired) electrons. The maximum atomic E-state index is 11.7. The van der Waals surface area contributed by atoms with Crippen molar-refractivity contribution in [2.45, 2.75) is 6.42 Å². The Labute approximate surface area is 154 Å². The lowest BCUT2D eigenvalue weighted by atomic mass is 9.96.